The molecule has 2 aromatic carbocycles. The molecule has 0 saturated carbocycles. The Hall–Kier alpha value is -2.79. The highest BCUT2D eigenvalue weighted by atomic mass is 35.5. The third-order valence-electron chi connectivity index (χ3n) is 4.66. The van der Waals surface area contributed by atoms with Gasteiger partial charge in [0, 0.05) is 29.9 Å². The van der Waals surface area contributed by atoms with Crippen molar-refractivity contribution in [1.29, 1.82) is 0 Å². The Morgan fingerprint density at radius 2 is 1.79 bits per heavy atom. The Labute approximate surface area is 176 Å². The second kappa shape index (κ2) is 9.61. The van der Waals surface area contributed by atoms with Gasteiger partial charge in [0.05, 0.1) is 5.69 Å². The van der Waals surface area contributed by atoms with Crippen LogP contribution in [0.1, 0.15) is 39.2 Å². The van der Waals surface area contributed by atoms with Gasteiger partial charge in [0.1, 0.15) is 12.4 Å². The summed E-state index contributed by atoms with van der Waals surface area (Å²) < 4.78 is 7.75. The zero-order valence-corrected chi connectivity index (χ0v) is 17.8. The van der Waals surface area contributed by atoms with Crippen LogP contribution in [0.3, 0.4) is 0 Å². The molecular formula is C23H26ClN3O2. The van der Waals surface area contributed by atoms with E-state index in [2.05, 4.69) is 10.4 Å². The molecule has 1 heterocycles. The third-order valence-corrected chi connectivity index (χ3v) is 5.25. The quantitative estimate of drug-likeness (QED) is 0.538. The van der Waals surface area contributed by atoms with Gasteiger partial charge in [0.15, 0.2) is 0 Å². The fourth-order valence-electron chi connectivity index (χ4n) is 3.04. The molecule has 1 N–H and O–H groups in total. The number of ether oxygens (including phenoxy) is 1. The van der Waals surface area contributed by atoms with E-state index in [1.54, 1.807) is 0 Å². The zero-order valence-electron chi connectivity index (χ0n) is 17.0. The molecule has 0 bridgehead atoms. The molecular weight excluding hydrogens is 386 g/mol. The fourth-order valence-corrected chi connectivity index (χ4v) is 3.15. The Balaban J connectivity index is 1.46. The van der Waals surface area contributed by atoms with Gasteiger partial charge in [-0.15, -0.1) is 0 Å². The van der Waals surface area contributed by atoms with Gasteiger partial charge in [-0.2, -0.15) is 5.10 Å². The first-order valence-corrected chi connectivity index (χ1v) is 10.1. The van der Waals surface area contributed by atoms with Crippen molar-refractivity contribution in [2.24, 2.45) is 0 Å². The minimum atomic E-state index is -0.0712. The number of carbonyl (C=O) groups excluding carboxylic acids is 1. The summed E-state index contributed by atoms with van der Waals surface area (Å²) >= 11 is 6.19. The fraction of sp³-hybridized carbons (Fsp3) is 0.304. The van der Waals surface area contributed by atoms with Gasteiger partial charge in [0.25, 0.3) is 5.91 Å². The summed E-state index contributed by atoms with van der Waals surface area (Å²) in [6, 6.07) is 13.3. The van der Waals surface area contributed by atoms with Crippen LogP contribution in [0, 0.1) is 20.8 Å². The standard InChI is InChI=1S/C23H26ClN3O2/c1-16-13-21(14-17(2)22(16)24)29-15-19-5-7-20(8-6-19)23(28)25-10-4-11-27-12-9-18(3)26-27/h5-9,12-14H,4,10-11,15H2,1-3H3,(H,25,28). The summed E-state index contributed by atoms with van der Waals surface area (Å²) in [6.45, 7) is 7.72. The molecule has 0 saturated heterocycles. The van der Waals surface area contributed by atoms with Crippen LogP contribution in [0.4, 0.5) is 0 Å². The van der Waals surface area contributed by atoms with E-state index in [1.165, 1.54) is 0 Å². The van der Waals surface area contributed by atoms with Crippen molar-refractivity contribution < 1.29 is 9.53 Å². The molecule has 1 aromatic heterocycles. The topological polar surface area (TPSA) is 56.2 Å². The number of benzene rings is 2. The number of carbonyl (C=O) groups is 1. The first-order chi connectivity index (χ1) is 13.9. The number of aromatic nitrogens is 2. The first-order valence-electron chi connectivity index (χ1n) is 9.69. The summed E-state index contributed by atoms with van der Waals surface area (Å²) in [6.07, 6.45) is 2.78. The van der Waals surface area contributed by atoms with E-state index < -0.39 is 0 Å². The lowest BCUT2D eigenvalue weighted by atomic mass is 10.1. The van der Waals surface area contributed by atoms with Crippen LogP contribution in [0.15, 0.2) is 48.7 Å². The number of amides is 1. The second-order valence-electron chi connectivity index (χ2n) is 7.19. The van der Waals surface area contributed by atoms with Gasteiger partial charge < -0.3 is 10.1 Å². The maximum absolute atomic E-state index is 12.3. The lowest BCUT2D eigenvalue weighted by molar-refractivity contribution is 0.0952. The van der Waals surface area contributed by atoms with Gasteiger partial charge in [-0.05, 0) is 74.2 Å². The molecule has 0 aliphatic carbocycles. The monoisotopic (exact) mass is 411 g/mol. The van der Waals surface area contributed by atoms with E-state index in [9.17, 15) is 4.79 Å². The van der Waals surface area contributed by atoms with Crippen LogP contribution in [-0.4, -0.2) is 22.2 Å². The van der Waals surface area contributed by atoms with Crippen molar-refractivity contribution in [3.05, 3.63) is 81.6 Å². The van der Waals surface area contributed by atoms with Crippen LogP contribution in [0.2, 0.25) is 5.02 Å². The molecule has 3 rings (SSSR count). The third kappa shape index (κ3) is 5.84. The number of hydrogen-bond acceptors (Lipinski definition) is 3. The number of rotatable bonds is 8. The summed E-state index contributed by atoms with van der Waals surface area (Å²) in [5.74, 6) is 0.719. The van der Waals surface area contributed by atoms with E-state index in [-0.39, 0.29) is 5.91 Å². The van der Waals surface area contributed by atoms with Crippen molar-refractivity contribution >= 4 is 17.5 Å². The minimum absolute atomic E-state index is 0.0712. The van der Waals surface area contributed by atoms with E-state index in [4.69, 9.17) is 16.3 Å². The van der Waals surface area contributed by atoms with Crippen molar-refractivity contribution in [2.75, 3.05) is 6.54 Å². The Morgan fingerprint density at radius 3 is 2.41 bits per heavy atom. The van der Waals surface area contributed by atoms with Gasteiger partial charge >= 0.3 is 0 Å². The van der Waals surface area contributed by atoms with Gasteiger partial charge in [-0.3, -0.25) is 9.48 Å². The highest BCUT2D eigenvalue weighted by molar-refractivity contribution is 6.32. The van der Waals surface area contributed by atoms with Crippen LogP contribution >= 0.6 is 11.6 Å². The molecule has 0 unspecified atom stereocenters. The Morgan fingerprint density at radius 1 is 1.10 bits per heavy atom. The molecule has 5 nitrogen and oxygen atoms in total. The lowest BCUT2D eigenvalue weighted by Crippen LogP contribution is -2.25. The SMILES string of the molecule is Cc1ccn(CCCNC(=O)c2ccc(COc3cc(C)c(Cl)c(C)c3)cc2)n1. The van der Waals surface area contributed by atoms with Gasteiger partial charge in [-0.25, -0.2) is 0 Å². The first kappa shape index (κ1) is 20.9. The second-order valence-corrected chi connectivity index (χ2v) is 7.56. The summed E-state index contributed by atoms with van der Waals surface area (Å²) in [5.41, 5.74) is 4.63. The van der Waals surface area contributed by atoms with E-state index in [0.717, 1.165) is 46.1 Å². The largest absolute Gasteiger partial charge is 0.489 e. The summed E-state index contributed by atoms with van der Waals surface area (Å²) in [5, 5.41) is 8.05. The predicted octanol–water partition coefficient (Wildman–Crippen LogP) is 4.86. The maximum Gasteiger partial charge on any atom is 0.251 e. The van der Waals surface area contributed by atoms with E-state index >= 15 is 0 Å². The van der Waals surface area contributed by atoms with Crippen molar-refractivity contribution in [3.8, 4) is 5.75 Å². The molecule has 0 aliphatic rings. The molecule has 3 aromatic rings. The van der Waals surface area contributed by atoms with E-state index in [1.807, 2.05) is 74.1 Å². The predicted molar refractivity (Wildman–Crippen MR) is 116 cm³/mol. The Bertz CT molecular complexity index is 957. The number of nitrogens with zero attached hydrogens (tertiary/aromatic N) is 2. The molecule has 152 valence electrons. The molecule has 1 amide bonds. The smallest absolute Gasteiger partial charge is 0.251 e. The average Bonchev–Trinajstić information content (AvgIpc) is 3.13. The normalized spacial score (nSPS) is 10.8. The molecule has 0 atom stereocenters. The summed E-state index contributed by atoms with van der Waals surface area (Å²) in [4.78, 5) is 12.3. The minimum Gasteiger partial charge on any atom is -0.489 e. The molecule has 29 heavy (non-hydrogen) atoms. The average molecular weight is 412 g/mol. The number of halogens is 1. The molecule has 0 fully saturated rings. The van der Waals surface area contributed by atoms with Gasteiger partial charge in [0.2, 0.25) is 0 Å². The van der Waals surface area contributed by atoms with Crippen LogP contribution in [0.25, 0.3) is 0 Å². The highest BCUT2D eigenvalue weighted by Gasteiger charge is 2.07. The molecule has 0 aliphatic heterocycles. The zero-order chi connectivity index (χ0) is 20.8. The van der Waals surface area contributed by atoms with Crippen molar-refractivity contribution in [2.45, 2.75) is 40.3 Å². The number of nitrogens with one attached hydrogen (secondary N) is 1. The van der Waals surface area contributed by atoms with E-state index in [0.29, 0.717) is 18.7 Å². The Kier molecular flexibility index (Phi) is 6.94. The molecule has 0 radical (unpaired) electrons. The molecule has 0 spiro atoms. The number of aryl methyl sites for hydroxylation is 4. The maximum atomic E-state index is 12.3. The molecule has 6 heteroatoms. The van der Waals surface area contributed by atoms with Crippen LogP contribution < -0.4 is 10.1 Å². The highest BCUT2D eigenvalue weighted by Crippen LogP contribution is 2.26. The van der Waals surface area contributed by atoms with Crippen molar-refractivity contribution in [1.82, 2.24) is 15.1 Å². The lowest BCUT2D eigenvalue weighted by Gasteiger charge is -2.11. The van der Waals surface area contributed by atoms with Crippen molar-refractivity contribution in [3.63, 3.8) is 0 Å². The van der Waals surface area contributed by atoms with Crippen LogP contribution in [0.5, 0.6) is 5.75 Å². The van der Waals surface area contributed by atoms with Gasteiger partial charge in [-0.1, -0.05) is 23.7 Å². The van der Waals surface area contributed by atoms with Crippen LogP contribution in [-0.2, 0) is 13.2 Å². The summed E-state index contributed by atoms with van der Waals surface area (Å²) in [7, 11) is 0. The number of hydrogen-bond donors (Lipinski definition) is 1.